The maximum atomic E-state index is 5.57. The summed E-state index contributed by atoms with van der Waals surface area (Å²) in [4.78, 5) is 11.6. The van der Waals surface area contributed by atoms with Gasteiger partial charge in [-0.25, -0.2) is 9.98 Å². The van der Waals surface area contributed by atoms with E-state index in [1.807, 2.05) is 30.3 Å². The Morgan fingerprint density at radius 1 is 1.15 bits per heavy atom. The fourth-order valence-corrected chi connectivity index (χ4v) is 2.82. The van der Waals surface area contributed by atoms with Gasteiger partial charge in [-0.3, -0.25) is 4.90 Å². The molecule has 1 unspecified atom stereocenters. The fourth-order valence-electron chi connectivity index (χ4n) is 2.82. The number of guanidine groups is 1. The fraction of sp³-hybridized carbons (Fsp3) is 0.500. The van der Waals surface area contributed by atoms with Crippen molar-refractivity contribution in [2.24, 2.45) is 4.99 Å². The van der Waals surface area contributed by atoms with Crippen LogP contribution in [-0.4, -0.2) is 48.1 Å². The quantitative estimate of drug-likeness (QED) is 0.533. The van der Waals surface area contributed by atoms with Gasteiger partial charge in [-0.05, 0) is 39.1 Å². The van der Waals surface area contributed by atoms with Gasteiger partial charge in [0.15, 0.2) is 5.96 Å². The van der Waals surface area contributed by atoms with Crippen LogP contribution in [0, 0.1) is 0 Å². The number of likely N-dealkylation sites (N-methyl/N-ethyl adjacent to an activating group) is 1. The van der Waals surface area contributed by atoms with Crippen molar-refractivity contribution < 1.29 is 4.42 Å². The van der Waals surface area contributed by atoms with Crippen LogP contribution >= 0.6 is 0 Å². The van der Waals surface area contributed by atoms with Crippen LogP contribution in [0.2, 0.25) is 0 Å². The zero-order valence-electron chi connectivity index (χ0n) is 16.3. The molecule has 0 spiro atoms. The van der Waals surface area contributed by atoms with Gasteiger partial charge in [-0.1, -0.05) is 32.0 Å². The molecule has 0 fully saturated rings. The molecule has 26 heavy (non-hydrogen) atoms. The molecule has 1 aromatic heterocycles. The second-order valence-corrected chi connectivity index (χ2v) is 6.16. The van der Waals surface area contributed by atoms with Gasteiger partial charge < -0.3 is 15.1 Å². The molecule has 0 aliphatic carbocycles. The molecule has 2 aromatic rings. The Kier molecular flexibility index (Phi) is 8.15. The van der Waals surface area contributed by atoms with Crippen LogP contribution in [0.25, 0.3) is 11.5 Å². The van der Waals surface area contributed by atoms with Crippen LogP contribution < -0.4 is 10.6 Å². The highest BCUT2D eigenvalue weighted by Gasteiger charge is 2.11. The predicted octanol–water partition coefficient (Wildman–Crippen LogP) is 3.13. The lowest BCUT2D eigenvalue weighted by molar-refractivity contribution is 0.231. The number of benzene rings is 1. The lowest BCUT2D eigenvalue weighted by Crippen LogP contribution is -2.46. The summed E-state index contributed by atoms with van der Waals surface area (Å²) in [6.07, 6.45) is 1.67. The maximum Gasteiger partial charge on any atom is 0.226 e. The number of hydrogen-bond donors (Lipinski definition) is 2. The second-order valence-electron chi connectivity index (χ2n) is 6.16. The van der Waals surface area contributed by atoms with Crippen molar-refractivity contribution in [2.45, 2.75) is 40.3 Å². The molecule has 1 atom stereocenters. The van der Waals surface area contributed by atoms with E-state index in [9.17, 15) is 0 Å². The minimum atomic E-state index is 0.450. The Balaban J connectivity index is 1.95. The molecular weight excluding hydrogens is 326 g/mol. The Hall–Kier alpha value is -2.34. The van der Waals surface area contributed by atoms with E-state index in [0.29, 0.717) is 18.5 Å². The molecule has 142 valence electrons. The first-order valence-corrected chi connectivity index (χ1v) is 9.43. The molecule has 0 amide bonds. The average molecular weight is 358 g/mol. The predicted molar refractivity (Wildman–Crippen MR) is 107 cm³/mol. The average Bonchev–Trinajstić information content (AvgIpc) is 3.15. The molecule has 2 N–H and O–H groups in total. The zero-order chi connectivity index (χ0) is 18.8. The number of hydrogen-bond acceptors (Lipinski definition) is 4. The maximum absolute atomic E-state index is 5.57. The van der Waals surface area contributed by atoms with Crippen LogP contribution in [0.1, 0.15) is 33.4 Å². The van der Waals surface area contributed by atoms with E-state index >= 15 is 0 Å². The summed E-state index contributed by atoms with van der Waals surface area (Å²) < 4.78 is 5.57. The van der Waals surface area contributed by atoms with Gasteiger partial charge in [0.05, 0.1) is 6.54 Å². The second kappa shape index (κ2) is 10.6. The van der Waals surface area contributed by atoms with Crippen LogP contribution in [0.5, 0.6) is 0 Å². The number of oxazole rings is 1. The molecular formula is C20H31N5O. The smallest absolute Gasteiger partial charge is 0.226 e. The zero-order valence-corrected chi connectivity index (χ0v) is 16.3. The van der Waals surface area contributed by atoms with E-state index in [2.05, 4.69) is 53.2 Å². The molecule has 0 aliphatic rings. The molecule has 0 bridgehead atoms. The normalized spacial score (nSPS) is 13.0. The van der Waals surface area contributed by atoms with Crippen molar-refractivity contribution in [3.05, 3.63) is 42.3 Å². The number of aliphatic imine (C=N–C) groups is 1. The first-order valence-electron chi connectivity index (χ1n) is 9.43. The van der Waals surface area contributed by atoms with Gasteiger partial charge in [0.1, 0.15) is 12.0 Å². The highest BCUT2D eigenvalue weighted by Crippen LogP contribution is 2.18. The summed E-state index contributed by atoms with van der Waals surface area (Å²) in [7, 11) is 0. The SMILES string of the molecule is CCNC(=NCc1coc(-c2ccccc2)n1)NCC(C)N(CC)CC. The van der Waals surface area contributed by atoms with E-state index in [4.69, 9.17) is 4.42 Å². The Labute approximate surface area is 156 Å². The summed E-state index contributed by atoms with van der Waals surface area (Å²) >= 11 is 0. The molecule has 0 saturated carbocycles. The molecule has 0 radical (unpaired) electrons. The van der Waals surface area contributed by atoms with E-state index in [1.165, 1.54) is 0 Å². The molecule has 6 heteroatoms. The van der Waals surface area contributed by atoms with Crippen molar-refractivity contribution >= 4 is 5.96 Å². The monoisotopic (exact) mass is 357 g/mol. The Morgan fingerprint density at radius 2 is 1.88 bits per heavy atom. The van der Waals surface area contributed by atoms with Gasteiger partial charge in [0.2, 0.25) is 5.89 Å². The Morgan fingerprint density at radius 3 is 2.54 bits per heavy atom. The third kappa shape index (κ3) is 5.88. The third-order valence-electron chi connectivity index (χ3n) is 4.32. The summed E-state index contributed by atoms with van der Waals surface area (Å²) in [5.74, 6) is 1.43. The van der Waals surface area contributed by atoms with E-state index < -0.39 is 0 Å². The number of nitrogens with zero attached hydrogens (tertiary/aromatic N) is 3. The molecule has 2 rings (SSSR count). The first kappa shape index (κ1) is 20.0. The molecule has 0 aliphatic heterocycles. The van der Waals surface area contributed by atoms with Crippen LogP contribution in [-0.2, 0) is 6.54 Å². The molecule has 0 saturated heterocycles. The summed E-state index contributed by atoms with van der Waals surface area (Å²) in [6.45, 7) is 12.9. The minimum absolute atomic E-state index is 0.450. The lowest BCUT2D eigenvalue weighted by atomic mass is 10.2. The third-order valence-corrected chi connectivity index (χ3v) is 4.32. The van der Waals surface area contributed by atoms with Crippen molar-refractivity contribution in [3.63, 3.8) is 0 Å². The van der Waals surface area contributed by atoms with Crippen LogP contribution in [0.3, 0.4) is 0 Å². The van der Waals surface area contributed by atoms with Crippen molar-refractivity contribution in [3.8, 4) is 11.5 Å². The van der Waals surface area contributed by atoms with Gasteiger partial charge in [-0.15, -0.1) is 0 Å². The summed E-state index contributed by atoms with van der Waals surface area (Å²) in [5, 5.41) is 6.70. The van der Waals surface area contributed by atoms with Crippen molar-refractivity contribution in [1.29, 1.82) is 0 Å². The Bertz CT molecular complexity index is 664. The minimum Gasteiger partial charge on any atom is -0.444 e. The lowest BCUT2D eigenvalue weighted by Gasteiger charge is -2.27. The van der Waals surface area contributed by atoms with Gasteiger partial charge in [-0.2, -0.15) is 0 Å². The molecule has 1 aromatic carbocycles. The van der Waals surface area contributed by atoms with E-state index in [-0.39, 0.29) is 0 Å². The van der Waals surface area contributed by atoms with Gasteiger partial charge in [0, 0.05) is 24.7 Å². The highest BCUT2D eigenvalue weighted by atomic mass is 16.3. The van der Waals surface area contributed by atoms with Gasteiger partial charge in [0.25, 0.3) is 0 Å². The number of aromatic nitrogens is 1. The standard InChI is InChI=1S/C20H31N5O/c1-5-21-20(22-13-16(4)25(6-2)7-3)23-14-18-15-26-19(24-18)17-11-9-8-10-12-17/h8-12,15-16H,5-7,13-14H2,1-4H3,(H2,21,22,23). The van der Waals surface area contributed by atoms with Crippen molar-refractivity contribution in [2.75, 3.05) is 26.2 Å². The largest absolute Gasteiger partial charge is 0.444 e. The number of nitrogens with one attached hydrogen (secondary N) is 2. The summed E-state index contributed by atoms with van der Waals surface area (Å²) in [6, 6.07) is 10.3. The molecule has 1 heterocycles. The topological polar surface area (TPSA) is 65.7 Å². The van der Waals surface area contributed by atoms with E-state index in [1.54, 1.807) is 6.26 Å². The van der Waals surface area contributed by atoms with Gasteiger partial charge >= 0.3 is 0 Å². The van der Waals surface area contributed by atoms with Crippen molar-refractivity contribution in [1.82, 2.24) is 20.5 Å². The molecule has 6 nitrogen and oxygen atoms in total. The van der Waals surface area contributed by atoms with Crippen LogP contribution in [0.15, 0.2) is 46.0 Å². The highest BCUT2D eigenvalue weighted by molar-refractivity contribution is 5.79. The van der Waals surface area contributed by atoms with Crippen LogP contribution in [0.4, 0.5) is 0 Å². The first-order chi connectivity index (χ1) is 12.7. The summed E-state index contributed by atoms with van der Waals surface area (Å²) in [5.41, 5.74) is 1.79. The van der Waals surface area contributed by atoms with E-state index in [0.717, 1.165) is 43.4 Å². The number of rotatable bonds is 9.